The topological polar surface area (TPSA) is 44.5 Å². The SMILES string of the molecule is CC[C@H](N)B1O[C@@H]2C[C@@H]3C[C@@H](C3(C)C)[C@]2(C)O1.Cl. The van der Waals surface area contributed by atoms with Crippen molar-refractivity contribution in [2.45, 2.75) is 64.6 Å². The molecule has 104 valence electrons. The number of hydrogen-bond donors (Lipinski definition) is 1. The van der Waals surface area contributed by atoms with Gasteiger partial charge in [-0.1, -0.05) is 20.8 Å². The zero-order valence-corrected chi connectivity index (χ0v) is 12.6. The first kappa shape index (κ1) is 14.6. The molecule has 1 heterocycles. The number of rotatable bonds is 2. The normalized spacial score (nSPS) is 45.8. The second-order valence-electron chi connectivity index (χ2n) is 6.91. The smallest absolute Gasteiger partial charge is 0.404 e. The highest BCUT2D eigenvalue weighted by molar-refractivity contribution is 6.47. The second kappa shape index (κ2) is 4.37. The molecule has 3 saturated carbocycles. The van der Waals surface area contributed by atoms with Crippen molar-refractivity contribution in [2.75, 3.05) is 0 Å². The van der Waals surface area contributed by atoms with Crippen LogP contribution in [0.15, 0.2) is 0 Å². The fourth-order valence-corrected chi connectivity index (χ4v) is 4.27. The molecule has 0 radical (unpaired) electrons. The average Bonchev–Trinajstić information content (AvgIpc) is 2.64. The summed E-state index contributed by atoms with van der Waals surface area (Å²) in [4.78, 5) is 0. The van der Waals surface area contributed by atoms with Gasteiger partial charge in [0.05, 0.1) is 11.7 Å². The highest BCUT2D eigenvalue weighted by atomic mass is 35.5. The Labute approximate surface area is 117 Å². The maximum absolute atomic E-state index is 6.24. The first-order chi connectivity index (χ1) is 7.89. The number of nitrogens with two attached hydrogens (primary N) is 1. The van der Waals surface area contributed by atoms with E-state index in [0.717, 1.165) is 18.8 Å². The molecule has 4 aliphatic rings. The Bertz CT molecular complexity index is 341. The molecule has 0 aromatic carbocycles. The Balaban J connectivity index is 0.00000120. The van der Waals surface area contributed by atoms with Crippen LogP contribution in [-0.4, -0.2) is 24.8 Å². The standard InChI is InChI=1S/C13H24BNO2.ClH/c1-5-11(15)14-16-10-7-8-6-9(12(8,2)3)13(10,4)17-14;/h8-11H,5-7,15H2,1-4H3;1H/t8-,9-,10+,11-,13-;/m0./s1. The lowest BCUT2D eigenvalue weighted by Gasteiger charge is -2.64. The summed E-state index contributed by atoms with van der Waals surface area (Å²) in [7, 11) is -0.190. The third-order valence-corrected chi connectivity index (χ3v) is 5.79. The van der Waals surface area contributed by atoms with E-state index in [1.165, 1.54) is 6.42 Å². The van der Waals surface area contributed by atoms with E-state index in [1.807, 2.05) is 0 Å². The minimum Gasteiger partial charge on any atom is -0.404 e. The Morgan fingerprint density at radius 1 is 1.33 bits per heavy atom. The quantitative estimate of drug-likeness (QED) is 0.786. The van der Waals surface area contributed by atoms with Crippen molar-refractivity contribution in [1.82, 2.24) is 0 Å². The van der Waals surface area contributed by atoms with E-state index in [1.54, 1.807) is 0 Å². The lowest BCUT2D eigenvalue weighted by Crippen LogP contribution is -2.65. The van der Waals surface area contributed by atoms with Gasteiger partial charge in [-0.25, -0.2) is 0 Å². The molecule has 0 amide bonds. The second-order valence-corrected chi connectivity index (χ2v) is 6.91. The summed E-state index contributed by atoms with van der Waals surface area (Å²) in [5.41, 5.74) is 6.38. The molecule has 0 aromatic rings. The van der Waals surface area contributed by atoms with Gasteiger partial charge in [-0.15, -0.1) is 12.4 Å². The van der Waals surface area contributed by atoms with Crippen molar-refractivity contribution in [3.05, 3.63) is 0 Å². The highest BCUT2D eigenvalue weighted by Gasteiger charge is 2.68. The molecular weight excluding hydrogens is 248 g/mol. The van der Waals surface area contributed by atoms with Gasteiger partial charge in [-0.2, -0.15) is 0 Å². The molecular formula is C13H25BClNO2. The monoisotopic (exact) mass is 273 g/mol. The molecule has 1 saturated heterocycles. The van der Waals surface area contributed by atoms with Gasteiger partial charge < -0.3 is 15.0 Å². The summed E-state index contributed by atoms with van der Waals surface area (Å²) in [6.07, 6.45) is 3.62. The molecule has 4 fully saturated rings. The van der Waals surface area contributed by atoms with Crippen molar-refractivity contribution in [1.29, 1.82) is 0 Å². The lowest BCUT2D eigenvalue weighted by molar-refractivity contribution is -0.199. The fraction of sp³-hybridized carbons (Fsp3) is 1.00. The summed E-state index contributed by atoms with van der Waals surface area (Å²) in [6, 6.07) is 0. The molecule has 5 atom stereocenters. The average molecular weight is 274 g/mol. The Morgan fingerprint density at radius 2 is 2.00 bits per heavy atom. The summed E-state index contributed by atoms with van der Waals surface area (Å²) in [5, 5.41) is 0. The molecule has 2 bridgehead atoms. The summed E-state index contributed by atoms with van der Waals surface area (Å²) >= 11 is 0. The van der Waals surface area contributed by atoms with Gasteiger partial charge in [0.15, 0.2) is 0 Å². The van der Waals surface area contributed by atoms with Crippen LogP contribution in [0.5, 0.6) is 0 Å². The molecule has 4 rings (SSSR count). The van der Waals surface area contributed by atoms with E-state index >= 15 is 0 Å². The number of hydrogen-bond acceptors (Lipinski definition) is 3. The van der Waals surface area contributed by atoms with E-state index in [4.69, 9.17) is 15.0 Å². The van der Waals surface area contributed by atoms with E-state index in [2.05, 4.69) is 27.7 Å². The summed E-state index contributed by atoms with van der Waals surface area (Å²) < 4.78 is 12.3. The first-order valence-corrected chi connectivity index (χ1v) is 6.98. The Hall–Kier alpha value is 0.235. The van der Waals surface area contributed by atoms with Crippen molar-refractivity contribution in [3.8, 4) is 0 Å². The maximum atomic E-state index is 6.24. The highest BCUT2D eigenvalue weighted by Crippen LogP contribution is 2.65. The Kier molecular flexibility index (Phi) is 3.56. The minimum atomic E-state index is -0.190. The van der Waals surface area contributed by atoms with E-state index in [-0.39, 0.29) is 37.2 Å². The molecule has 1 aliphatic heterocycles. The van der Waals surface area contributed by atoms with Gasteiger partial charge >= 0.3 is 7.12 Å². The Morgan fingerprint density at radius 3 is 2.56 bits per heavy atom. The largest absolute Gasteiger partial charge is 0.475 e. The minimum absolute atomic E-state index is 0. The lowest BCUT2D eigenvalue weighted by atomic mass is 9.43. The van der Waals surface area contributed by atoms with Gasteiger partial charge in [0, 0.05) is 5.94 Å². The first-order valence-electron chi connectivity index (χ1n) is 6.98. The van der Waals surface area contributed by atoms with Crippen molar-refractivity contribution < 1.29 is 9.31 Å². The molecule has 3 aliphatic carbocycles. The van der Waals surface area contributed by atoms with Crippen LogP contribution in [0.2, 0.25) is 0 Å². The third kappa shape index (κ3) is 1.69. The van der Waals surface area contributed by atoms with Crippen LogP contribution >= 0.6 is 12.4 Å². The van der Waals surface area contributed by atoms with Crippen LogP contribution in [0, 0.1) is 17.3 Å². The van der Waals surface area contributed by atoms with Crippen molar-refractivity contribution in [3.63, 3.8) is 0 Å². The summed E-state index contributed by atoms with van der Waals surface area (Å²) in [6.45, 7) is 9.08. The van der Waals surface area contributed by atoms with Crippen LogP contribution in [0.1, 0.15) is 47.0 Å². The van der Waals surface area contributed by atoms with E-state index in [9.17, 15) is 0 Å². The van der Waals surface area contributed by atoms with Crippen molar-refractivity contribution in [2.24, 2.45) is 23.0 Å². The van der Waals surface area contributed by atoms with Gasteiger partial charge in [-0.3, -0.25) is 0 Å². The predicted molar refractivity (Wildman–Crippen MR) is 75.6 cm³/mol. The summed E-state index contributed by atoms with van der Waals surface area (Å²) in [5.74, 6) is 1.45. The molecule has 3 nitrogen and oxygen atoms in total. The molecule has 5 heteroatoms. The van der Waals surface area contributed by atoms with Crippen LogP contribution in [0.25, 0.3) is 0 Å². The zero-order chi connectivity index (χ0) is 12.4. The van der Waals surface area contributed by atoms with Crippen molar-refractivity contribution >= 4 is 19.5 Å². The molecule has 0 aromatic heterocycles. The molecule has 18 heavy (non-hydrogen) atoms. The maximum Gasteiger partial charge on any atom is 0.475 e. The molecule has 0 unspecified atom stereocenters. The van der Waals surface area contributed by atoms with Gasteiger partial charge in [0.2, 0.25) is 0 Å². The number of halogens is 1. The molecule has 2 N–H and O–H groups in total. The van der Waals surface area contributed by atoms with Crippen LogP contribution < -0.4 is 5.73 Å². The zero-order valence-electron chi connectivity index (χ0n) is 11.8. The van der Waals surface area contributed by atoms with Crippen LogP contribution in [0.4, 0.5) is 0 Å². The van der Waals surface area contributed by atoms with Gasteiger partial charge in [0.25, 0.3) is 0 Å². The fourth-order valence-electron chi connectivity index (χ4n) is 4.27. The van der Waals surface area contributed by atoms with Crippen LogP contribution in [0.3, 0.4) is 0 Å². The van der Waals surface area contributed by atoms with E-state index in [0.29, 0.717) is 11.3 Å². The van der Waals surface area contributed by atoms with E-state index < -0.39 is 0 Å². The van der Waals surface area contributed by atoms with Gasteiger partial charge in [-0.05, 0) is 43.4 Å². The predicted octanol–water partition coefficient (Wildman–Crippen LogP) is 2.41. The third-order valence-electron chi connectivity index (χ3n) is 5.79. The van der Waals surface area contributed by atoms with Gasteiger partial charge in [0.1, 0.15) is 0 Å². The molecule has 0 spiro atoms. The van der Waals surface area contributed by atoms with Crippen LogP contribution in [-0.2, 0) is 9.31 Å².